The first-order chi connectivity index (χ1) is 10.7. The van der Waals surface area contributed by atoms with Crippen molar-refractivity contribution >= 4 is 18.3 Å². The highest BCUT2D eigenvalue weighted by Crippen LogP contribution is 2.28. The van der Waals surface area contributed by atoms with Gasteiger partial charge in [-0.25, -0.2) is 0 Å². The molecule has 2 heterocycles. The maximum atomic E-state index is 12.7. The second-order valence-electron chi connectivity index (χ2n) is 7.58. The first-order valence-corrected chi connectivity index (χ1v) is 9.50. The van der Waals surface area contributed by atoms with E-state index in [0.717, 1.165) is 32.1 Å². The number of hydrogen-bond acceptors (Lipinski definition) is 3. The molecular formula is C18H34ClN3O. The summed E-state index contributed by atoms with van der Waals surface area (Å²) in [5, 5.41) is 3.72. The molecule has 5 heteroatoms. The van der Waals surface area contributed by atoms with Crippen LogP contribution in [-0.2, 0) is 4.79 Å². The van der Waals surface area contributed by atoms with Gasteiger partial charge in [0.1, 0.15) is 0 Å². The van der Waals surface area contributed by atoms with Crippen molar-refractivity contribution < 1.29 is 4.79 Å². The molecule has 1 N–H and O–H groups in total. The van der Waals surface area contributed by atoms with Gasteiger partial charge in [0.2, 0.25) is 5.91 Å². The molecule has 4 nitrogen and oxygen atoms in total. The Morgan fingerprint density at radius 1 is 1.00 bits per heavy atom. The highest BCUT2D eigenvalue weighted by atomic mass is 35.5. The van der Waals surface area contributed by atoms with E-state index >= 15 is 0 Å². The lowest BCUT2D eigenvalue weighted by molar-refractivity contribution is -0.136. The van der Waals surface area contributed by atoms with Crippen molar-refractivity contribution in [3.63, 3.8) is 0 Å². The maximum absolute atomic E-state index is 12.7. The van der Waals surface area contributed by atoms with Crippen molar-refractivity contribution in [2.24, 2.45) is 5.92 Å². The van der Waals surface area contributed by atoms with Crippen LogP contribution in [0.15, 0.2) is 0 Å². The van der Waals surface area contributed by atoms with Crippen LogP contribution < -0.4 is 5.32 Å². The van der Waals surface area contributed by atoms with Gasteiger partial charge in [0, 0.05) is 32.2 Å². The van der Waals surface area contributed by atoms with Crippen LogP contribution in [0.1, 0.15) is 58.3 Å². The molecule has 134 valence electrons. The van der Waals surface area contributed by atoms with Gasteiger partial charge < -0.3 is 10.2 Å². The molecule has 1 aliphatic carbocycles. The van der Waals surface area contributed by atoms with Crippen LogP contribution in [0.2, 0.25) is 0 Å². The molecule has 3 fully saturated rings. The van der Waals surface area contributed by atoms with Crippen molar-refractivity contribution in [2.45, 2.75) is 70.4 Å². The zero-order chi connectivity index (χ0) is 15.4. The third-order valence-electron chi connectivity index (χ3n) is 5.74. The Kier molecular flexibility index (Phi) is 7.64. The molecule has 1 unspecified atom stereocenters. The summed E-state index contributed by atoms with van der Waals surface area (Å²) in [5.41, 5.74) is 0. The number of carbonyl (C=O) groups is 1. The fraction of sp³-hybridized carbons (Fsp3) is 0.944. The summed E-state index contributed by atoms with van der Waals surface area (Å²) >= 11 is 0. The molecule has 0 aromatic carbocycles. The molecule has 1 amide bonds. The smallest absolute Gasteiger partial charge is 0.239 e. The van der Waals surface area contributed by atoms with Gasteiger partial charge in [-0.05, 0) is 57.9 Å². The zero-order valence-electron chi connectivity index (χ0n) is 14.6. The summed E-state index contributed by atoms with van der Waals surface area (Å²) in [5.74, 6) is 1.33. The molecule has 3 aliphatic rings. The van der Waals surface area contributed by atoms with E-state index in [0.29, 0.717) is 11.9 Å². The summed E-state index contributed by atoms with van der Waals surface area (Å²) < 4.78 is 0. The second-order valence-corrected chi connectivity index (χ2v) is 7.58. The highest BCUT2D eigenvalue weighted by molar-refractivity contribution is 5.85. The number of likely N-dealkylation sites (tertiary alicyclic amines) is 2. The second kappa shape index (κ2) is 9.24. The van der Waals surface area contributed by atoms with Gasteiger partial charge >= 0.3 is 0 Å². The number of carbonyl (C=O) groups excluding carboxylic acids is 1. The monoisotopic (exact) mass is 343 g/mol. The van der Waals surface area contributed by atoms with Gasteiger partial charge in [0.25, 0.3) is 0 Å². The average molecular weight is 344 g/mol. The summed E-state index contributed by atoms with van der Waals surface area (Å²) in [6.45, 7) is 7.43. The van der Waals surface area contributed by atoms with Crippen LogP contribution >= 0.6 is 12.4 Å². The summed E-state index contributed by atoms with van der Waals surface area (Å²) in [7, 11) is 0. The summed E-state index contributed by atoms with van der Waals surface area (Å²) in [4.78, 5) is 17.2. The van der Waals surface area contributed by atoms with Gasteiger partial charge in [-0.3, -0.25) is 9.69 Å². The van der Waals surface area contributed by atoms with Crippen molar-refractivity contribution in [3.05, 3.63) is 0 Å². The summed E-state index contributed by atoms with van der Waals surface area (Å²) in [6, 6.07) is 0.750. The third kappa shape index (κ3) is 5.61. The third-order valence-corrected chi connectivity index (χ3v) is 5.74. The lowest BCUT2D eigenvalue weighted by Gasteiger charge is -2.37. The van der Waals surface area contributed by atoms with Gasteiger partial charge in [-0.1, -0.05) is 12.8 Å². The average Bonchev–Trinajstić information content (AvgIpc) is 3.38. The molecule has 0 aromatic heterocycles. The number of nitrogens with zero attached hydrogens (tertiary/aromatic N) is 2. The normalized spacial score (nSPS) is 25.5. The molecule has 2 aliphatic heterocycles. The SMILES string of the molecule is CC(C(=O)N1CCCCCC1)N1CCC(NCC2CC2)CC1.Cl. The molecule has 1 saturated carbocycles. The quantitative estimate of drug-likeness (QED) is 0.833. The van der Waals surface area contributed by atoms with Crippen molar-refractivity contribution in [3.8, 4) is 0 Å². The zero-order valence-corrected chi connectivity index (χ0v) is 15.5. The number of nitrogens with one attached hydrogen (secondary N) is 1. The Bertz CT molecular complexity index is 359. The standard InChI is InChI=1S/C18H33N3O.ClH/c1-15(18(22)21-10-4-2-3-5-11-21)20-12-8-17(9-13-20)19-14-16-6-7-16;/h15-17,19H,2-14H2,1H3;1H. The van der Waals surface area contributed by atoms with E-state index in [1.165, 1.54) is 57.9 Å². The molecule has 1 atom stereocenters. The van der Waals surface area contributed by atoms with Crippen LogP contribution in [0.3, 0.4) is 0 Å². The molecule has 0 aromatic rings. The van der Waals surface area contributed by atoms with Gasteiger partial charge in [-0.15, -0.1) is 12.4 Å². The van der Waals surface area contributed by atoms with Gasteiger partial charge in [0.05, 0.1) is 6.04 Å². The number of piperidine rings is 1. The van der Waals surface area contributed by atoms with E-state index in [-0.39, 0.29) is 18.4 Å². The number of rotatable bonds is 5. The number of amides is 1. The lowest BCUT2D eigenvalue weighted by atomic mass is 10.0. The lowest BCUT2D eigenvalue weighted by Crippen LogP contribution is -2.52. The van der Waals surface area contributed by atoms with Crippen molar-refractivity contribution in [1.82, 2.24) is 15.1 Å². The topological polar surface area (TPSA) is 35.6 Å². The fourth-order valence-corrected chi connectivity index (χ4v) is 3.86. The minimum atomic E-state index is 0. The van der Waals surface area contributed by atoms with Crippen LogP contribution in [-0.4, -0.2) is 60.5 Å². The predicted molar refractivity (Wildman–Crippen MR) is 97.1 cm³/mol. The first-order valence-electron chi connectivity index (χ1n) is 9.50. The van der Waals surface area contributed by atoms with E-state index in [2.05, 4.69) is 22.0 Å². The van der Waals surface area contributed by atoms with E-state index in [1.807, 2.05) is 0 Å². The molecule has 0 radical (unpaired) electrons. The first kappa shape index (κ1) is 19.0. The summed E-state index contributed by atoms with van der Waals surface area (Å²) in [6.07, 6.45) is 10.2. The Balaban J connectivity index is 0.00000192. The Labute approximate surface area is 147 Å². The van der Waals surface area contributed by atoms with Crippen LogP contribution in [0.5, 0.6) is 0 Å². The molecule has 2 saturated heterocycles. The minimum absolute atomic E-state index is 0. The van der Waals surface area contributed by atoms with E-state index < -0.39 is 0 Å². The molecular weight excluding hydrogens is 310 g/mol. The molecule has 3 rings (SSSR count). The van der Waals surface area contributed by atoms with Crippen LogP contribution in [0.25, 0.3) is 0 Å². The van der Waals surface area contributed by atoms with Crippen molar-refractivity contribution in [2.75, 3.05) is 32.7 Å². The van der Waals surface area contributed by atoms with Gasteiger partial charge in [-0.2, -0.15) is 0 Å². The Morgan fingerprint density at radius 3 is 2.17 bits per heavy atom. The van der Waals surface area contributed by atoms with Crippen LogP contribution in [0.4, 0.5) is 0 Å². The maximum Gasteiger partial charge on any atom is 0.239 e. The fourth-order valence-electron chi connectivity index (χ4n) is 3.86. The predicted octanol–water partition coefficient (Wildman–Crippen LogP) is 2.66. The molecule has 0 spiro atoms. The van der Waals surface area contributed by atoms with E-state index in [1.54, 1.807) is 0 Å². The van der Waals surface area contributed by atoms with Crippen LogP contribution in [0, 0.1) is 5.92 Å². The highest BCUT2D eigenvalue weighted by Gasteiger charge is 2.30. The van der Waals surface area contributed by atoms with E-state index in [9.17, 15) is 4.79 Å². The van der Waals surface area contributed by atoms with E-state index in [4.69, 9.17) is 0 Å². The molecule has 23 heavy (non-hydrogen) atoms. The van der Waals surface area contributed by atoms with Gasteiger partial charge in [0.15, 0.2) is 0 Å². The number of halogens is 1. The molecule has 0 bridgehead atoms. The minimum Gasteiger partial charge on any atom is -0.341 e. The van der Waals surface area contributed by atoms with Crippen molar-refractivity contribution in [1.29, 1.82) is 0 Å². The number of hydrogen-bond donors (Lipinski definition) is 1. The largest absolute Gasteiger partial charge is 0.341 e. The Morgan fingerprint density at radius 2 is 1.61 bits per heavy atom. The Hall–Kier alpha value is -0.320.